The largest absolute Gasteiger partial charge is 0.341 e. The van der Waals surface area contributed by atoms with Crippen molar-refractivity contribution in [1.82, 2.24) is 9.80 Å². The first-order chi connectivity index (χ1) is 12.5. The molecular weight excluding hydrogens is 340 g/mol. The number of terminal acetylenes is 1. The van der Waals surface area contributed by atoms with Gasteiger partial charge in [0.1, 0.15) is 0 Å². The van der Waals surface area contributed by atoms with Crippen LogP contribution in [0.25, 0.3) is 0 Å². The van der Waals surface area contributed by atoms with E-state index in [0.717, 1.165) is 25.1 Å². The third-order valence-electron chi connectivity index (χ3n) is 4.90. The van der Waals surface area contributed by atoms with Gasteiger partial charge in [-0.15, -0.1) is 6.42 Å². The van der Waals surface area contributed by atoms with Crippen molar-refractivity contribution in [1.29, 1.82) is 0 Å². The minimum absolute atomic E-state index is 0.0639. The maximum Gasteiger partial charge on any atom is 0.228 e. The highest BCUT2D eigenvalue weighted by Gasteiger charge is 2.37. The average Bonchev–Trinajstić information content (AvgIpc) is 2.85. The molecule has 2 amide bonds. The van der Waals surface area contributed by atoms with Gasteiger partial charge in [0.15, 0.2) is 11.6 Å². The van der Waals surface area contributed by atoms with Crippen molar-refractivity contribution in [3.8, 4) is 12.3 Å². The van der Waals surface area contributed by atoms with Crippen LogP contribution in [-0.4, -0.2) is 60.9 Å². The van der Waals surface area contributed by atoms with E-state index in [4.69, 9.17) is 6.42 Å². The lowest BCUT2D eigenvalue weighted by Crippen LogP contribution is -2.40. The average molecular weight is 361 g/mol. The molecule has 1 atom stereocenters. The van der Waals surface area contributed by atoms with Crippen LogP contribution in [0.5, 0.6) is 0 Å². The lowest BCUT2D eigenvalue weighted by Gasteiger charge is -2.24. The minimum Gasteiger partial charge on any atom is -0.341 e. The number of hydrogen-bond acceptors (Lipinski definition) is 3. The van der Waals surface area contributed by atoms with Gasteiger partial charge in [-0.05, 0) is 18.6 Å². The molecule has 5 nitrogen and oxygen atoms in total. The van der Waals surface area contributed by atoms with E-state index in [2.05, 4.69) is 10.8 Å². The number of carbonyl (C=O) groups is 2. The van der Waals surface area contributed by atoms with Crippen LogP contribution in [0.4, 0.5) is 14.5 Å². The fourth-order valence-corrected chi connectivity index (χ4v) is 3.51. The summed E-state index contributed by atoms with van der Waals surface area (Å²) in [5.41, 5.74) is 0.278. The van der Waals surface area contributed by atoms with Gasteiger partial charge in [0, 0.05) is 50.9 Å². The van der Waals surface area contributed by atoms with Gasteiger partial charge in [-0.1, -0.05) is 5.92 Å². The number of rotatable bonds is 3. The van der Waals surface area contributed by atoms with Gasteiger partial charge in [0.2, 0.25) is 11.8 Å². The third-order valence-corrected chi connectivity index (χ3v) is 4.90. The highest BCUT2D eigenvalue weighted by atomic mass is 19.2. The summed E-state index contributed by atoms with van der Waals surface area (Å²) in [5, 5.41) is 0. The van der Waals surface area contributed by atoms with Gasteiger partial charge in [-0.3, -0.25) is 14.5 Å². The number of carbonyl (C=O) groups excluding carboxylic acids is 2. The van der Waals surface area contributed by atoms with Gasteiger partial charge >= 0.3 is 0 Å². The Hall–Kier alpha value is -2.46. The summed E-state index contributed by atoms with van der Waals surface area (Å²) in [5.74, 6) is -0.134. The predicted octanol–water partition coefficient (Wildman–Crippen LogP) is 1.49. The number of hydrogen-bond donors (Lipinski definition) is 0. The normalized spacial score (nSPS) is 21.6. The zero-order valence-corrected chi connectivity index (χ0v) is 14.5. The van der Waals surface area contributed by atoms with Gasteiger partial charge in [0.05, 0.1) is 12.5 Å². The van der Waals surface area contributed by atoms with Crippen LogP contribution in [0, 0.1) is 29.9 Å². The van der Waals surface area contributed by atoms with E-state index in [1.54, 1.807) is 4.90 Å². The summed E-state index contributed by atoms with van der Waals surface area (Å²) in [6.45, 7) is 3.52. The molecule has 138 valence electrons. The van der Waals surface area contributed by atoms with Gasteiger partial charge < -0.3 is 9.80 Å². The number of benzene rings is 1. The smallest absolute Gasteiger partial charge is 0.228 e. The molecule has 0 aromatic heterocycles. The Bertz CT molecular complexity index is 747. The molecule has 0 unspecified atom stereocenters. The summed E-state index contributed by atoms with van der Waals surface area (Å²) < 4.78 is 26.5. The molecule has 2 aliphatic heterocycles. The van der Waals surface area contributed by atoms with Crippen molar-refractivity contribution < 1.29 is 18.4 Å². The summed E-state index contributed by atoms with van der Waals surface area (Å²) in [6.07, 6.45) is 6.26. The molecule has 0 spiro atoms. The van der Waals surface area contributed by atoms with Crippen molar-refractivity contribution >= 4 is 17.5 Å². The molecule has 1 aromatic carbocycles. The molecule has 2 saturated heterocycles. The summed E-state index contributed by atoms with van der Waals surface area (Å²) in [7, 11) is 0. The van der Waals surface area contributed by atoms with E-state index in [1.165, 1.54) is 11.0 Å². The Morgan fingerprint density at radius 1 is 1.19 bits per heavy atom. The molecule has 2 heterocycles. The monoisotopic (exact) mass is 361 g/mol. The maximum atomic E-state index is 13.4. The Labute approximate surface area is 151 Å². The molecule has 3 rings (SSSR count). The fraction of sp³-hybridized carbons (Fsp3) is 0.474. The zero-order valence-electron chi connectivity index (χ0n) is 14.5. The van der Waals surface area contributed by atoms with E-state index in [0.29, 0.717) is 26.2 Å². The number of amides is 2. The number of anilines is 1. The first kappa shape index (κ1) is 18.3. The fourth-order valence-electron chi connectivity index (χ4n) is 3.51. The van der Waals surface area contributed by atoms with Gasteiger partial charge in [0.25, 0.3) is 0 Å². The molecule has 0 saturated carbocycles. The Morgan fingerprint density at radius 2 is 2.00 bits per heavy atom. The van der Waals surface area contributed by atoms with Gasteiger partial charge in [-0.25, -0.2) is 8.78 Å². The van der Waals surface area contributed by atoms with Crippen LogP contribution >= 0.6 is 0 Å². The zero-order chi connectivity index (χ0) is 18.7. The molecule has 7 heteroatoms. The second kappa shape index (κ2) is 7.83. The van der Waals surface area contributed by atoms with Crippen molar-refractivity contribution in [2.75, 3.05) is 44.2 Å². The molecule has 26 heavy (non-hydrogen) atoms. The van der Waals surface area contributed by atoms with E-state index < -0.39 is 17.6 Å². The molecule has 0 radical (unpaired) electrons. The predicted molar refractivity (Wildman–Crippen MR) is 93.3 cm³/mol. The lowest BCUT2D eigenvalue weighted by molar-refractivity contribution is -0.135. The third kappa shape index (κ3) is 3.86. The first-order valence-corrected chi connectivity index (χ1v) is 8.69. The minimum atomic E-state index is -1.01. The second-order valence-corrected chi connectivity index (χ2v) is 6.66. The maximum absolute atomic E-state index is 13.4. The molecule has 0 aliphatic carbocycles. The Kier molecular flexibility index (Phi) is 5.52. The standard InChI is InChI=1S/C19H21F2N3O2/c1-2-6-22-7-3-8-23(10-9-22)19(26)14-11-18(25)24(13-14)15-4-5-16(20)17(21)12-15/h1,4-5,12,14H,3,6-11,13H2/t14-/m1/s1. The highest BCUT2D eigenvalue weighted by Crippen LogP contribution is 2.27. The summed E-state index contributed by atoms with van der Waals surface area (Å²) in [6, 6.07) is 3.33. The number of nitrogens with zero attached hydrogens (tertiary/aromatic N) is 3. The summed E-state index contributed by atoms with van der Waals surface area (Å²) in [4.78, 5) is 30.4. The number of halogens is 2. The van der Waals surface area contributed by atoms with Crippen LogP contribution < -0.4 is 4.90 Å². The lowest BCUT2D eigenvalue weighted by atomic mass is 10.1. The molecule has 2 aliphatic rings. The molecule has 1 aromatic rings. The van der Waals surface area contributed by atoms with E-state index >= 15 is 0 Å². The molecule has 0 N–H and O–H groups in total. The van der Waals surface area contributed by atoms with Crippen molar-refractivity contribution in [2.45, 2.75) is 12.8 Å². The van der Waals surface area contributed by atoms with Gasteiger partial charge in [-0.2, -0.15) is 0 Å². The van der Waals surface area contributed by atoms with Crippen molar-refractivity contribution in [2.24, 2.45) is 5.92 Å². The van der Waals surface area contributed by atoms with Crippen LogP contribution in [0.2, 0.25) is 0 Å². The highest BCUT2D eigenvalue weighted by molar-refractivity contribution is 6.00. The Balaban J connectivity index is 1.65. The molecule has 2 fully saturated rings. The first-order valence-electron chi connectivity index (χ1n) is 8.69. The Morgan fingerprint density at radius 3 is 2.73 bits per heavy atom. The van der Waals surface area contributed by atoms with E-state index in [9.17, 15) is 18.4 Å². The van der Waals surface area contributed by atoms with Crippen LogP contribution in [-0.2, 0) is 9.59 Å². The van der Waals surface area contributed by atoms with Crippen LogP contribution in [0.15, 0.2) is 18.2 Å². The topological polar surface area (TPSA) is 43.9 Å². The SMILES string of the molecule is C#CCN1CCCN(C(=O)[C@@H]2CC(=O)N(c3ccc(F)c(F)c3)C2)CC1. The molecule has 0 bridgehead atoms. The quantitative estimate of drug-likeness (QED) is 0.766. The van der Waals surface area contributed by atoms with Crippen molar-refractivity contribution in [3.05, 3.63) is 29.8 Å². The second-order valence-electron chi connectivity index (χ2n) is 6.66. The van der Waals surface area contributed by atoms with E-state index in [1.807, 2.05) is 0 Å². The van der Waals surface area contributed by atoms with E-state index in [-0.39, 0.29) is 30.5 Å². The van der Waals surface area contributed by atoms with Crippen LogP contribution in [0.3, 0.4) is 0 Å². The van der Waals surface area contributed by atoms with Crippen molar-refractivity contribution in [3.63, 3.8) is 0 Å². The summed E-state index contributed by atoms with van der Waals surface area (Å²) >= 11 is 0. The molecular formula is C19H21F2N3O2. The van der Waals surface area contributed by atoms with Crippen LogP contribution in [0.1, 0.15) is 12.8 Å².